The quantitative estimate of drug-likeness (QED) is 0.637. The summed E-state index contributed by atoms with van der Waals surface area (Å²) >= 11 is 0. The number of nitrogens with zero attached hydrogens (tertiary/aromatic N) is 6. The summed E-state index contributed by atoms with van der Waals surface area (Å²) in [6.45, 7) is 0.552. The van der Waals surface area contributed by atoms with E-state index in [0.717, 1.165) is 6.07 Å². The lowest BCUT2D eigenvalue weighted by Crippen LogP contribution is -2.41. The van der Waals surface area contributed by atoms with E-state index in [-0.39, 0.29) is 30.4 Å². The van der Waals surface area contributed by atoms with Gasteiger partial charge in [-0.15, -0.1) is 20.4 Å². The molecule has 4 rings (SSSR count). The number of hydrogen-bond acceptors (Lipinski definition) is 8. The summed E-state index contributed by atoms with van der Waals surface area (Å²) in [5, 5.41) is 34.5. The number of aliphatic hydroxyl groups excluding tert-OH is 1. The topological polar surface area (TPSA) is 112 Å². The van der Waals surface area contributed by atoms with Crippen LogP contribution < -0.4 is 4.90 Å². The van der Waals surface area contributed by atoms with Gasteiger partial charge in [0.1, 0.15) is 12.3 Å². The third-order valence-corrected chi connectivity index (χ3v) is 5.61. The van der Waals surface area contributed by atoms with Gasteiger partial charge in [-0.25, -0.2) is 0 Å². The molecule has 0 radical (unpaired) electrons. The molecule has 1 fully saturated rings. The fourth-order valence-corrected chi connectivity index (χ4v) is 3.84. The van der Waals surface area contributed by atoms with Gasteiger partial charge in [-0.05, 0) is 43.0 Å². The predicted molar refractivity (Wildman–Crippen MR) is 106 cm³/mol. The molecule has 0 amide bonds. The van der Waals surface area contributed by atoms with Crippen LogP contribution >= 0.6 is 0 Å². The molecule has 1 aliphatic rings. The summed E-state index contributed by atoms with van der Waals surface area (Å²) in [6.07, 6.45) is -3.60. The number of alkyl halides is 3. The van der Waals surface area contributed by atoms with E-state index in [1.54, 1.807) is 18.2 Å². The zero-order valence-electron chi connectivity index (χ0n) is 16.9. The molecule has 2 aromatic heterocycles. The van der Waals surface area contributed by atoms with Crippen LogP contribution in [0.3, 0.4) is 0 Å². The minimum Gasteiger partial charge on any atom is -0.417 e. The maximum absolute atomic E-state index is 13.4. The molecule has 1 aliphatic heterocycles. The van der Waals surface area contributed by atoms with Crippen LogP contribution in [0.15, 0.2) is 40.8 Å². The Morgan fingerprint density at radius 2 is 1.81 bits per heavy atom. The van der Waals surface area contributed by atoms with Gasteiger partial charge in [0.2, 0.25) is 5.89 Å². The Hall–Kier alpha value is -3.52. The second-order valence-electron chi connectivity index (χ2n) is 7.65. The van der Waals surface area contributed by atoms with Crippen molar-refractivity contribution in [3.8, 4) is 17.7 Å². The molecule has 0 atom stereocenters. The molecule has 3 aromatic rings. The second-order valence-corrected chi connectivity index (χ2v) is 7.65. The van der Waals surface area contributed by atoms with Crippen LogP contribution in [-0.2, 0) is 19.2 Å². The Labute approximate surface area is 181 Å². The normalized spacial score (nSPS) is 16.0. The highest BCUT2D eigenvalue weighted by molar-refractivity contribution is 5.49. The van der Waals surface area contributed by atoms with Gasteiger partial charge in [-0.1, -0.05) is 18.2 Å². The van der Waals surface area contributed by atoms with Crippen molar-refractivity contribution in [3.05, 3.63) is 53.4 Å². The Bertz CT molecular complexity index is 1120. The molecule has 0 bridgehead atoms. The summed E-state index contributed by atoms with van der Waals surface area (Å²) in [5.41, 5.74) is -1.08. The molecule has 0 saturated carbocycles. The van der Waals surface area contributed by atoms with E-state index >= 15 is 0 Å². The minimum absolute atomic E-state index is 0.0436. The first kappa shape index (κ1) is 21.7. The predicted octanol–water partition coefficient (Wildman–Crippen LogP) is 3.39. The molecule has 166 valence electrons. The second kappa shape index (κ2) is 8.55. The third-order valence-electron chi connectivity index (χ3n) is 5.61. The lowest BCUT2D eigenvalue weighted by molar-refractivity contribution is -0.138. The SMILES string of the molecule is N#CC1(Cc2ccccc2C(F)(F)F)CCN(c2ccc(-c3nnc(CO)o3)nn2)CC1. The maximum Gasteiger partial charge on any atom is 0.416 e. The highest BCUT2D eigenvalue weighted by Gasteiger charge is 2.39. The molecular formula is C21H19F3N6O2. The van der Waals surface area contributed by atoms with Crippen LogP contribution in [0.4, 0.5) is 19.0 Å². The molecule has 1 aromatic carbocycles. The van der Waals surface area contributed by atoms with Gasteiger partial charge in [0.25, 0.3) is 5.89 Å². The number of hydrogen-bond donors (Lipinski definition) is 1. The number of aliphatic hydroxyl groups is 1. The van der Waals surface area contributed by atoms with Crippen molar-refractivity contribution in [1.82, 2.24) is 20.4 Å². The smallest absolute Gasteiger partial charge is 0.416 e. The molecule has 32 heavy (non-hydrogen) atoms. The third kappa shape index (κ3) is 4.40. The molecule has 1 saturated heterocycles. The van der Waals surface area contributed by atoms with Gasteiger partial charge in [0.05, 0.1) is 17.0 Å². The molecule has 11 heteroatoms. The summed E-state index contributed by atoms with van der Waals surface area (Å²) in [6, 6.07) is 11.1. The largest absolute Gasteiger partial charge is 0.417 e. The Morgan fingerprint density at radius 3 is 2.41 bits per heavy atom. The first-order valence-corrected chi connectivity index (χ1v) is 9.92. The Kier molecular flexibility index (Phi) is 5.80. The first-order chi connectivity index (χ1) is 15.3. The van der Waals surface area contributed by atoms with Crippen LogP contribution in [0.1, 0.15) is 29.9 Å². The van der Waals surface area contributed by atoms with Crippen molar-refractivity contribution < 1.29 is 22.7 Å². The fraction of sp³-hybridized carbons (Fsp3) is 0.381. The number of rotatable bonds is 5. The zero-order valence-corrected chi connectivity index (χ0v) is 16.9. The minimum atomic E-state index is -4.46. The van der Waals surface area contributed by atoms with Crippen LogP contribution in [-0.4, -0.2) is 38.6 Å². The summed E-state index contributed by atoms with van der Waals surface area (Å²) < 4.78 is 45.3. The van der Waals surface area contributed by atoms with Gasteiger partial charge in [0.15, 0.2) is 5.82 Å². The maximum atomic E-state index is 13.4. The lowest BCUT2D eigenvalue weighted by Gasteiger charge is -2.38. The van der Waals surface area contributed by atoms with Gasteiger partial charge in [-0.2, -0.15) is 18.4 Å². The lowest BCUT2D eigenvalue weighted by atomic mass is 9.74. The first-order valence-electron chi connectivity index (χ1n) is 9.92. The average molecular weight is 444 g/mol. The summed E-state index contributed by atoms with van der Waals surface area (Å²) in [4.78, 5) is 1.94. The molecule has 0 aliphatic carbocycles. The van der Waals surface area contributed by atoms with Crippen molar-refractivity contribution in [2.75, 3.05) is 18.0 Å². The molecule has 0 spiro atoms. The number of halogens is 3. The van der Waals surface area contributed by atoms with Gasteiger partial charge in [-0.3, -0.25) is 0 Å². The molecule has 0 unspecified atom stereocenters. The Morgan fingerprint density at radius 1 is 1.06 bits per heavy atom. The summed E-state index contributed by atoms with van der Waals surface area (Å²) in [7, 11) is 0. The molecular weight excluding hydrogens is 425 g/mol. The fourth-order valence-electron chi connectivity index (χ4n) is 3.84. The van der Waals surface area contributed by atoms with Crippen molar-refractivity contribution in [2.24, 2.45) is 5.41 Å². The number of aromatic nitrogens is 4. The van der Waals surface area contributed by atoms with E-state index in [1.807, 2.05) is 4.90 Å². The summed E-state index contributed by atoms with van der Waals surface area (Å²) in [5.74, 6) is 0.790. The van der Waals surface area contributed by atoms with Crippen molar-refractivity contribution in [1.29, 1.82) is 5.26 Å². The van der Waals surface area contributed by atoms with Crippen LogP contribution in [0.5, 0.6) is 0 Å². The molecule has 1 N–H and O–H groups in total. The van der Waals surface area contributed by atoms with Gasteiger partial charge in [0, 0.05) is 13.1 Å². The number of anilines is 1. The van der Waals surface area contributed by atoms with E-state index in [1.165, 1.54) is 12.1 Å². The molecule has 8 nitrogen and oxygen atoms in total. The number of piperidine rings is 1. The average Bonchev–Trinajstić information content (AvgIpc) is 3.29. The van der Waals surface area contributed by atoms with Crippen molar-refractivity contribution in [2.45, 2.75) is 32.0 Å². The standard InChI is InChI=1S/C21H19F3N6O2/c22-21(23,24)15-4-2-1-3-14(15)11-20(13-25)7-9-30(10-8-20)17-6-5-16(26-27-17)19-29-28-18(12-31)32-19/h1-6,31H,7-12H2. The molecule has 3 heterocycles. The van der Waals surface area contributed by atoms with Crippen molar-refractivity contribution in [3.63, 3.8) is 0 Å². The van der Waals surface area contributed by atoms with E-state index in [9.17, 15) is 18.4 Å². The Balaban J connectivity index is 1.45. The van der Waals surface area contributed by atoms with Gasteiger partial charge < -0.3 is 14.4 Å². The highest BCUT2D eigenvalue weighted by Crippen LogP contribution is 2.39. The van der Waals surface area contributed by atoms with E-state index < -0.39 is 17.2 Å². The van der Waals surface area contributed by atoms with E-state index in [4.69, 9.17) is 9.52 Å². The number of nitriles is 1. The van der Waals surface area contributed by atoms with Crippen LogP contribution in [0.25, 0.3) is 11.6 Å². The van der Waals surface area contributed by atoms with E-state index in [0.29, 0.717) is 37.4 Å². The number of benzene rings is 1. The monoisotopic (exact) mass is 444 g/mol. The van der Waals surface area contributed by atoms with Gasteiger partial charge >= 0.3 is 6.18 Å². The van der Waals surface area contributed by atoms with Crippen molar-refractivity contribution >= 4 is 5.82 Å². The van der Waals surface area contributed by atoms with Crippen LogP contribution in [0, 0.1) is 16.7 Å². The van der Waals surface area contributed by atoms with E-state index in [2.05, 4.69) is 26.5 Å². The van der Waals surface area contributed by atoms with Crippen LogP contribution in [0.2, 0.25) is 0 Å². The zero-order chi connectivity index (χ0) is 22.8. The highest BCUT2D eigenvalue weighted by atomic mass is 19.4.